The van der Waals surface area contributed by atoms with E-state index in [2.05, 4.69) is 43.2 Å². The van der Waals surface area contributed by atoms with Gasteiger partial charge in [-0.3, -0.25) is 9.78 Å². The fraction of sp³-hybridized carbons (Fsp3) is 0.217. The number of benzene rings is 2. The molecule has 0 aliphatic rings. The summed E-state index contributed by atoms with van der Waals surface area (Å²) >= 11 is 0. The van der Waals surface area contributed by atoms with Crippen LogP contribution in [0.25, 0.3) is 17.0 Å². The van der Waals surface area contributed by atoms with Crippen molar-refractivity contribution < 1.29 is 4.79 Å². The van der Waals surface area contributed by atoms with E-state index in [9.17, 15) is 4.79 Å². The quantitative estimate of drug-likeness (QED) is 0.614. The number of amides is 1. The smallest absolute Gasteiger partial charge is 0.248 e. The van der Waals surface area contributed by atoms with Crippen molar-refractivity contribution >= 4 is 28.6 Å². The molecule has 1 heterocycles. The van der Waals surface area contributed by atoms with Gasteiger partial charge in [0, 0.05) is 11.5 Å². The number of anilines is 1. The lowest BCUT2D eigenvalue weighted by Gasteiger charge is -2.23. The average molecular weight is 344 g/mol. The van der Waals surface area contributed by atoms with Crippen molar-refractivity contribution in [3.05, 3.63) is 78.0 Å². The fourth-order valence-electron chi connectivity index (χ4n) is 2.74. The molecule has 3 rings (SSSR count). The van der Waals surface area contributed by atoms with E-state index in [-0.39, 0.29) is 11.3 Å². The number of para-hydroxylation sites is 1. The molecule has 0 unspecified atom stereocenters. The second kappa shape index (κ2) is 7.52. The summed E-state index contributed by atoms with van der Waals surface area (Å²) in [7, 11) is 0. The summed E-state index contributed by atoms with van der Waals surface area (Å²) in [6.45, 7) is 6.67. The molecule has 2 aromatic carbocycles. The van der Waals surface area contributed by atoms with Gasteiger partial charge in [0.2, 0.25) is 5.91 Å². The van der Waals surface area contributed by atoms with Crippen LogP contribution in [0.5, 0.6) is 0 Å². The summed E-state index contributed by atoms with van der Waals surface area (Å²) in [6, 6.07) is 18.1. The maximum absolute atomic E-state index is 12.2. The molecule has 0 aliphatic heterocycles. The number of fused-ring (bicyclic) bond motifs is 1. The van der Waals surface area contributed by atoms with Crippen LogP contribution in [0.15, 0.2) is 66.9 Å². The zero-order chi connectivity index (χ0) is 18.6. The second-order valence-electron chi connectivity index (χ2n) is 7.10. The van der Waals surface area contributed by atoms with E-state index in [1.165, 1.54) is 5.56 Å². The summed E-state index contributed by atoms with van der Waals surface area (Å²) < 4.78 is 0. The lowest BCUT2D eigenvalue weighted by Crippen LogP contribution is -2.15. The van der Waals surface area contributed by atoms with Crippen LogP contribution in [0.2, 0.25) is 0 Å². The normalized spacial score (nSPS) is 11.8. The monoisotopic (exact) mass is 344 g/mol. The number of nitrogens with one attached hydrogen (secondary N) is 1. The molecule has 1 N–H and O–H groups in total. The molecule has 0 atom stereocenters. The van der Waals surface area contributed by atoms with Crippen molar-refractivity contribution in [1.29, 1.82) is 0 Å². The van der Waals surface area contributed by atoms with E-state index in [0.717, 1.165) is 22.9 Å². The first-order valence-electron chi connectivity index (χ1n) is 8.92. The van der Waals surface area contributed by atoms with Crippen LogP contribution in [0, 0.1) is 0 Å². The van der Waals surface area contributed by atoms with Crippen molar-refractivity contribution in [3.63, 3.8) is 0 Å². The van der Waals surface area contributed by atoms with Gasteiger partial charge in [-0.2, -0.15) is 0 Å². The van der Waals surface area contributed by atoms with Crippen LogP contribution < -0.4 is 5.32 Å². The highest BCUT2D eigenvalue weighted by atomic mass is 16.1. The molecule has 3 nitrogen and oxygen atoms in total. The van der Waals surface area contributed by atoms with Crippen molar-refractivity contribution in [3.8, 4) is 0 Å². The number of carbonyl (C=O) groups is 1. The summed E-state index contributed by atoms with van der Waals surface area (Å²) in [4.78, 5) is 16.5. The molecule has 0 fully saturated rings. The number of pyridine rings is 1. The van der Waals surface area contributed by atoms with E-state index in [0.29, 0.717) is 5.69 Å². The summed E-state index contributed by atoms with van der Waals surface area (Å²) in [5.74, 6) is -0.167. The number of aromatic nitrogens is 1. The van der Waals surface area contributed by atoms with Crippen molar-refractivity contribution in [2.45, 2.75) is 32.6 Å². The molecule has 26 heavy (non-hydrogen) atoms. The molecular formula is C23H24N2O. The van der Waals surface area contributed by atoms with Gasteiger partial charge >= 0.3 is 0 Å². The number of nitrogens with zero attached hydrogens (tertiary/aromatic N) is 1. The fourth-order valence-corrected chi connectivity index (χ4v) is 2.74. The van der Waals surface area contributed by atoms with E-state index < -0.39 is 0 Å². The topological polar surface area (TPSA) is 42.0 Å². The van der Waals surface area contributed by atoms with Crippen LogP contribution in [-0.2, 0) is 10.2 Å². The third-order valence-electron chi connectivity index (χ3n) is 4.86. The SMILES string of the molecule is CCC(C)(C)c1ccc(/C=C/C(=O)Nc2cnc3ccccc3c2)cc1. The Hall–Kier alpha value is -2.94. The molecule has 0 aliphatic carbocycles. The van der Waals surface area contributed by atoms with E-state index in [4.69, 9.17) is 0 Å². The Morgan fingerprint density at radius 1 is 1.12 bits per heavy atom. The lowest BCUT2D eigenvalue weighted by molar-refractivity contribution is -0.111. The van der Waals surface area contributed by atoms with Gasteiger partial charge in [-0.05, 0) is 41.2 Å². The Morgan fingerprint density at radius 2 is 1.85 bits per heavy atom. The lowest BCUT2D eigenvalue weighted by atomic mass is 9.82. The first-order chi connectivity index (χ1) is 12.5. The average Bonchev–Trinajstić information content (AvgIpc) is 2.66. The Bertz CT molecular complexity index is 940. The van der Waals surface area contributed by atoms with Gasteiger partial charge in [0.25, 0.3) is 0 Å². The highest BCUT2D eigenvalue weighted by molar-refractivity contribution is 6.02. The predicted octanol–water partition coefficient (Wildman–Crippen LogP) is 5.57. The molecule has 3 heteroatoms. The number of rotatable bonds is 5. The van der Waals surface area contributed by atoms with Gasteiger partial charge < -0.3 is 5.32 Å². The number of hydrogen-bond donors (Lipinski definition) is 1. The van der Waals surface area contributed by atoms with Gasteiger partial charge in [-0.1, -0.05) is 63.2 Å². The third kappa shape index (κ3) is 4.17. The molecule has 0 spiro atoms. The minimum atomic E-state index is -0.167. The van der Waals surface area contributed by atoms with Gasteiger partial charge in [0.15, 0.2) is 0 Å². The molecule has 0 saturated carbocycles. The first-order valence-corrected chi connectivity index (χ1v) is 8.92. The molecular weight excluding hydrogens is 320 g/mol. The van der Waals surface area contributed by atoms with Crippen molar-refractivity contribution in [2.75, 3.05) is 5.32 Å². The largest absolute Gasteiger partial charge is 0.321 e. The Labute approximate surface area is 154 Å². The van der Waals surface area contributed by atoms with Gasteiger partial charge in [0.05, 0.1) is 17.4 Å². The Morgan fingerprint density at radius 3 is 2.58 bits per heavy atom. The number of carbonyl (C=O) groups excluding carboxylic acids is 1. The van der Waals surface area contributed by atoms with Gasteiger partial charge in [-0.15, -0.1) is 0 Å². The van der Waals surface area contributed by atoms with Crippen LogP contribution in [0.1, 0.15) is 38.3 Å². The van der Waals surface area contributed by atoms with Crippen LogP contribution in [0.4, 0.5) is 5.69 Å². The molecule has 1 aromatic heterocycles. The third-order valence-corrected chi connectivity index (χ3v) is 4.86. The van der Waals surface area contributed by atoms with Crippen molar-refractivity contribution in [2.24, 2.45) is 0 Å². The maximum atomic E-state index is 12.2. The summed E-state index contributed by atoms with van der Waals surface area (Å²) in [5, 5.41) is 3.86. The molecule has 3 aromatic rings. The zero-order valence-corrected chi connectivity index (χ0v) is 15.5. The van der Waals surface area contributed by atoms with Gasteiger partial charge in [0.1, 0.15) is 0 Å². The molecule has 132 valence electrons. The van der Waals surface area contributed by atoms with Crippen LogP contribution in [-0.4, -0.2) is 10.9 Å². The van der Waals surface area contributed by atoms with Gasteiger partial charge in [-0.25, -0.2) is 0 Å². The summed E-state index contributed by atoms with van der Waals surface area (Å²) in [6.07, 6.45) is 6.14. The van der Waals surface area contributed by atoms with E-state index >= 15 is 0 Å². The first kappa shape index (κ1) is 17.9. The molecule has 1 amide bonds. The predicted molar refractivity (Wildman–Crippen MR) is 109 cm³/mol. The maximum Gasteiger partial charge on any atom is 0.248 e. The Balaban J connectivity index is 1.67. The standard InChI is InChI=1S/C23H24N2O/c1-4-23(2,3)19-12-9-17(10-13-19)11-14-22(26)25-20-15-18-7-5-6-8-21(18)24-16-20/h5-16H,4H2,1-3H3,(H,25,26)/b14-11+. The zero-order valence-electron chi connectivity index (χ0n) is 15.5. The minimum absolute atomic E-state index is 0.167. The van der Waals surface area contributed by atoms with Crippen LogP contribution >= 0.6 is 0 Å². The van der Waals surface area contributed by atoms with Crippen molar-refractivity contribution in [1.82, 2.24) is 4.98 Å². The van der Waals surface area contributed by atoms with Crippen LogP contribution in [0.3, 0.4) is 0 Å². The van der Waals surface area contributed by atoms with E-state index in [1.54, 1.807) is 12.3 Å². The molecule has 0 bridgehead atoms. The highest BCUT2D eigenvalue weighted by Gasteiger charge is 2.17. The molecule has 0 radical (unpaired) electrons. The molecule has 0 saturated heterocycles. The minimum Gasteiger partial charge on any atom is -0.321 e. The second-order valence-corrected chi connectivity index (χ2v) is 7.10. The number of hydrogen-bond acceptors (Lipinski definition) is 2. The highest BCUT2D eigenvalue weighted by Crippen LogP contribution is 2.26. The van der Waals surface area contributed by atoms with E-state index in [1.807, 2.05) is 48.5 Å². The Kier molecular flexibility index (Phi) is 5.17. The summed E-state index contributed by atoms with van der Waals surface area (Å²) in [5.41, 5.74) is 4.09.